The Labute approximate surface area is 147 Å². The molecule has 2 fully saturated rings. The summed E-state index contributed by atoms with van der Waals surface area (Å²) in [6, 6.07) is 2.17. The third kappa shape index (κ3) is 3.70. The average Bonchev–Trinajstić information content (AvgIpc) is 3.16. The van der Waals surface area contributed by atoms with Crippen LogP contribution < -0.4 is 10.2 Å². The van der Waals surface area contributed by atoms with Crippen molar-refractivity contribution in [1.29, 1.82) is 5.26 Å². The van der Waals surface area contributed by atoms with Crippen LogP contribution in [0.3, 0.4) is 0 Å². The van der Waals surface area contributed by atoms with Crippen molar-refractivity contribution in [1.82, 2.24) is 15.2 Å². The number of piperazine rings is 1. The Morgan fingerprint density at radius 2 is 2.04 bits per heavy atom. The Kier molecular flexibility index (Phi) is 5.36. The van der Waals surface area contributed by atoms with Gasteiger partial charge in [0.2, 0.25) is 5.91 Å². The predicted molar refractivity (Wildman–Crippen MR) is 94.9 cm³/mol. The van der Waals surface area contributed by atoms with E-state index in [1.807, 2.05) is 18.5 Å². The molecule has 1 aliphatic heterocycles. The van der Waals surface area contributed by atoms with Crippen LogP contribution in [-0.2, 0) is 4.79 Å². The zero-order valence-electron chi connectivity index (χ0n) is 14.2. The maximum Gasteiger partial charge on any atom is 0.238 e. The molecule has 7 heteroatoms. The molecule has 2 heterocycles. The first-order valence-electron chi connectivity index (χ1n) is 8.75. The maximum absolute atomic E-state index is 12.7. The molecule has 1 atom stereocenters. The van der Waals surface area contributed by atoms with Gasteiger partial charge >= 0.3 is 0 Å². The monoisotopic (exact) mass is 347 g/mol. The number of nitrogens with zero attached hydrogens (tertiary/aromatic N) is 4. The second-order valence-corrected chi connectivity index (χ2v) is 7.63. The number of amides is 1. The number of carbonyl (C=O) groups excluding carboxylic acids is 1. The molecule has 1 unspecified atom stereocenters. The second kappa shape index (κ2) is 7.49. The lowest BCUT2D eigenvalue weighted by Gasteiger charge is -2.39. The van der Waals surface area contributed by atoms with Crippen molar-refractivity contribution in [3.8, 4) is 6.07 Å². The highest BCUT2D eigenvalue weighted by atomic mass is 32.1. The van der Waals surface area contributed by atoms with Gasteiger partial charge in [0.05, 0.1) is 12.1 Å². The summed E-state index contributed by atoms with van der Waals surface area (Å²) < 4.78 is 0. The summed E-state index contributed by atoms with van der Waals surface area (Å²) in [6.07, 6.45) is 6.59. The average molecular weight is 347 g/mol. The molecule has 0 bridgehead atoms. The Hall–Kier alpha value is -1.65. The van der Waals surface area contributed by atoms with Crippen molar-refractivity contribution in [2.24, 2.45) is 0 Å². The summed E-state index contributed by atoms with van der Waals surface area (Å²) >= 11 is 1.65. The van der Waals surface area contributed by atoms with Crippen molar-refractivity contribution in [3.05, 3.63) is 11.6 Å². The van der Waals surface area contributed by atoms with Gasteiger partial charge in [-0.2, -0.15) is 5.26 Å². The van der Waals surface area contributed by atoms with E-state index < -0.39 is 5.54 Å². The van der Waals surface area contributed by atoms with Crippen LogP contribution in [0.15, 0.2) is 11.6 Å². The quantitative estimate of drug-likeness (QED) is 0.902. The Morgan fingerprint density at radius 3 is 2.62 bits per heavy atom. The molecular formula is C17H25N5OS. The van der Waals surface area contributed by atoms with E-state index in [0.717, 1.165) is 63.4 Å². The van der Waals surface area contributed by atoms with Crippen LogP contribution in [0.5, 0.6) is 0 Å². The highest BCUT2D eigenvalue weighted by Gasteiger charge is 2.36. The summed E-state index contributed by atoms with van der Waals surface area (Å²) in [4.78, 5) is 21.5. The molecule has 1 N–H and O–H groups in total. The molecule has 1 aromatic heterocycles. The van der Waals surface area contributed by atoms with Crippen molar-refractivity contribution < 1.29 is 4.79 Å². The van der Waals surface area contributed by atoms with Crippen LogP contribution in [0.4, 0.5) is 5.13 Å². The second-order valence-electron chi connectivity index (χ2n) is 6.76. The van der Waals surface area contributed by atoms with Gasteiger partial charge in [-0.3, -0.25) is 9.69 Å². The summed E-state index contributed by atoms with van der Waals surface area (Å²) in [5, 5.41) is 15.6. The Bertz CT molecular complexity index is 583. The van der Waals surface area contributed by atoms with Crippen LogP contribution in [0.2, 0.25) is 0 Å². The van der Waals surface area contributed by atoms with Crippen LogP contribution in [0, 0.1) is 11.3 Å². The van der Waals surface area contributed by atoms with E-state index in [-0.39, 0.29) is 11.9 Å². The smallest absolute Gasteiger partial charge is 0.238 e. The molecule has 1 aliphatic carbocycles. The molecule has 1 amide bonds. The molecule has 130 valence electrons. The van der Waals surface area contributed by atoms with Crippen LogP contribution in [0.1, 0.15) is 39.0 Å². The van der Waals surface area contributed by atoms with Gasteiger partial charge in [0.15, 0.2) is 5.13 Å². The zero-order valence-corrected chi connectivity index (χ0v) is 15.0. The van der Waals surface area contributed by atoms with Crippen molar-refractivity contribution >= 4 is 22.4 Å². The maximum atomic E-state index is 12.7. The highest BCUT2D eigenvalue weighted by molar-refractivity contribution is 7.13. The first-order valence-corrected chi connectivity index (χ1v) is 9.63. The molecule has 0 aromatic carbocycles. The fourth-order valence-corrected chi connectivity index (χ4v) is 4.30. The Morgan fingerprint density at radius 1 is 1.33 bits per heavy atom. The third-order valence-electron chi connectivity index (χ3n) is 5.21. The van der Waals surface area contributed by atoms with Crippen molar-refractivity contribution in [2.45, 2.75) is 50.6 Å². The lowest BCUT2D eigenvalue weighted by Crippen LogP contribution is -2.58. The number of nitriles is 1. The predicted octanol–water partition coefficient (Wildman–Crippen LogP) is 2.00. The molecule has 3 rings (SSSR count). The van der Waals surface area contributed by atoms with E-state index in [2.05, 4.69) is 26.2 Å². The number of nitrogens with one attached hydrogen (secondary N) is 1. The van der Waals surface area contributed by atoms with E-state index in [1.54, 1.807) is 11.3 Å². The number of aromatic nitrogens is 1. The van der Waals surface area contributed by atoms with Gasteiger partial charge in [0.25, 0.3) is 0 Å². The lowest BCUT2D eigenvalue weighted by molar-refractivity contribution is -0.127. The largest absolute Gasteiger partial charge is 0.346 e. The molecule has 2 aliphatic rings. The van der Waals surface area contributed by atoms with Gasteiger partial charge in [-0.1, -0.05) is 19.3 Å². The third-order valence-corrected chi connectivity index (χ3v) is 6.05. The lowest BCUT2D eigenvalue weighted by atomic mass is 9.82. The van der Waals surface area contributed by atoms with Crippen LogP contribution in [0.25, 0.3) is 0 Å². The first-order chi connectivity index (χ1) is 11.6. The molecule has 6 nitrogen and oxygen atoms in total. The summed E-state index contributed by atoms with van der Waals surface area (Å²) in [5.41, 5.74) is -0.647. The van der Waals surface area contributed by atoms with E-state index in [4.69, 9.17) is 0 Å². The molecule has 24 heavy (non-hydrogen) atoms. The normalized spacial score (nSPS) is 22.6. The van der Waals surface area contributed by atoms with Crippen LogP contribution in [-0.4, -0.2) is 53.6 Å². The van der Waals surface area contributed by atoms with Gasteiger partial charge < -0.3 is 10.2 Å². The fourth-order valence-electron chi connectivity index (χ4n) is 3.60. The SMILES string of the molecule is CC(C(=O)NC1(C#N)CCCCC1)N1CCN(c2nccs2)CC1. The number of carbonyl (C=O) groups is 1. The number of anilines is 1. The molecule has 1 saturated carbocycles. The van der Waals surface area contributed by atoms with Crippen molar-refractivity contribution in [2.75, 3.05) is 31.1 Å². The van der Waals surface area contributed by atoms with Crippen molar-refractivity contribution in [3.63, 3.8) is 0 Å². The molecule has 1 saturated heterocycles. The number of thiazole rings is 1. The summed E-state index contributed by atoms with van der Waals surface area (Å²) in [5.74, 6) is -0.0128. The highest BCUT2D eigenvalue weighted by Crippen LogP contribution is 2.28. The van der Waals surface area contributed by atoms with Gasteiger partial charge in [-0.15, -0.1) is 11.3 Å². The minimum absolute atomic E-state index is 0.0128. The van der Waals surface area contributed by atoms with Gasteiger partial charge in [-0.25, -0.2) is 4.98 Å². The number of rotatable bonds is 4. The van der Waals surface area contributed by atoms with E-state index in [0.29, 0.717) is 0 Å². The number of hydrogen-bond donors (Lipinski definition) is 1. The fraction of sp³-hybridized carbons (Fsp3) is 0.706. The standard InChI is InChI=1S/C17H25N5OS/c1-14(15(23)20-17(13-18)5-3-2-4-6-17)21-8-10-22(11-9-21)16-19-7-12-24-16/h7,12,14H,2-6,8-11H2,1H3,(H,20,23). The Balaban J connectivity index is 1.54. The van der Waals surface area contributed by atoms with E-state index in [9.17, 15) is 10.1 Å². The molecule has 1 aromatic rings. The van der Waals surface area contributed by atoms with Gasteiger partial charge in [0, 0.05) is 37.8 Å². The van der Waals surface area contributed by atoms with Gasteiger partial charge in [0.1, 0.15) is 5.54 Å². The summed E-state index contributed by atoms with van der Waals surface area (Å²) in [7, 11) is 0. The van der Waals surface area contributed by atoms with Gasteiger partial charge in [-0.05, 0) is 19.8 Å². The zero-order chi connectivity index (χ0) is 17.0. The minimum Gasteiger partial charge on any atom is -0.346 e. The molecule has 0 spiro atoms. The van der Waals surface area contributed by atoms with E-state index in [1.165, 1.54) is 0 Å². The summed E-state index contributed by atoms with van der Waals surface area (Å²) in [6.45, 7) is 5.40. The molecule has 0 radical (unpaired) electrons. The van der Waals surface area contributed by atoms with E-state index >= 15 is 0 Å². The minimum atomic E-state index is -0.647. The first kappa shape index (κ1) is 17.2. The molecular weight excluding hydrogens is 322 g/mol. The van der Waals surface area contributed by atoms with Crippen LogP contribution >= 0.6 is 11.3 Å². The number of hydrogen-bond acceptors (Lipinski definition) is 6. The topological polar surface area (TPSA) is 72.3 Å².